The van der Waals surface area contributed by atoms with Crippen LogP contribution in [0.2, 0.25) is 0 Å². The second kappa shape index (κ2) is 7.90. The summed E-state index contributed by atoms with van der Waals surface area (Å²) in [6.07, 6.45) is 4.49. The molecule has 3 rings (SSSR count). The molecule has 2 aromatic rings. The maximum absolute atomic E-state index is 5.71. The van der Waals surface area contributed by atoms with E-state index < -0.39 is 0 Å². The Labute approximate surface area is 142 Å². The number of nitrogens with zero attached hydrogens (tertiary/aromatic N) is 3. The van der Waals surface area contributed by atoms with Gasteiger partial charge in [0.15, 0.2) is 5.13 Å². The van der Waals surface area contributed by atoms with Crippen LogP contribution in [0.25, 0.3) is 0 Å². The first-order valence-electron chi connectivity index (χ1n) is 8.34. The van der Waals surface area contributed by atoms with Gasteiger partial charge in [0.25, 0.3) is 0 Å². The van der Waals surface area contributed by atoms with Crippen LogP contribution in [0.1, 0.15) is 23.3 Å². The van der Waals surface area contributed by atoms with E-state index in [1.807, 2.05) is 6.20 Å². The molecule has 2 heterocycles. The molecule has 0 spiro atoms. The van der Waals surface area contributed by atoms with Crippen molar-refractivity contribution in [3.05, 3.63) is 47.0 Å². The van der Waals surface area contributed by atoms with Gasteiger partial charge in [0.2, 0.25) is 0 Å². The maximum Gasteiger partial charge on any atom is 0.180 e. The van der Waals surface area contributed by atoms with Crippen molar-refractivity contribution in [1.82, 2.24) is 14.8 Å². The van der Waals surface area contributed by atoms with Gasteiger partial charge in [-0.05, 0) is 44.5 Å². The summed E-state index contributed by atoms with van der Waals surface area (Å²) in [6.45, 7) is 5.60. The minimum absolute atomic E-state index is 0.678. The van der Waals surface area contributed by atoms with Crippen molar-refractivity contribution in [2.24, 2.45) is 5.92 Å². The van der Waals surface area contributed by atoms with E-state index in [1.165, 1.54) is 42.9 Å². The van der Waals surface area contributed by atoms with Crippen LogP contribution in [0.3, 0.4) is 0 Å². The fourth-order valence-electron chi connectivity index (χ4n) is 3.34. The fourth-order valence-corrected chi connectivity index (χ4v) is 4.07. The Morgan fingerprint density at radius 2 is 2.00 bits per heavy atom. The van der Waals surface area contributed by atoms with E-state index in [0.717, 1.165) is 19.0 Å². The van der Waals surface area contributed by atoms with Crippen molar-refractivity contribution in [3.63, 3.8) is 0 Å². The molecule has 2 N–H and O–H groups in total. The van der Waals surface area contributed by atoms with Gasteiger partial charge in [-0.15, -0.1) is 11.3 Å². The van der Waals surface area contributed by atoms with Crippen molar-refractivity contribution in [1.29, 1.82) is 0 Å². The molecular formula is C18H26N4S. The summed E-state index contributed by atoms with van der Waals surface area (Å²) in [4.78, 5) is 10.4. The van der Waals surface area contributed by atoms with Gasteiger partial charge in [0.1, 0.15) is 0 Å². The highest BCUT2D eigenvalue weighted by Gasteiger charge is 2.21. The first-order valence-corrected chi connectivity index (χ1v) is 9.15. The average Bonchev–Trinajstić information content (AvgIpc) is 2.95. The molecule has 0 amide bonds. The predicted molar refractivity (Wildman–Crippen MR) is 97.3 cm³/mol. The van der Waals surface area contributed by atoms with E-state index in [2.05, 4.69) is 52.2 Å². The second-order valence-electron chi connectivity index (χ2n) is 6.57. The van der Waals surface area contributed by atoms with Gasteiger partial charge in [-0.25, -0.2) is 4.98 Å². The highest BCUT2D eigenvalue weighted by Crippen LogP contribution is 2.22. The molecule has 4 nitrogen and oxygen atoms in total. The van der Waals surface area contributed by atoms with Gasteiger partial charge < -0.3 is 10.6 Å². The number of hydrogen-bond acceptors (Lipinski definition) is 5. The summed E-state index contributed by atoms with van der Waals surface area (Å²) < 4.78 is 0. The van der Waals surface area contributed by atoms with Crippen molar-refractivity contribution < 1.29 is 0 Å². The number of likely N-dealkylation sites (tertiary alicyclic amines) is 1. The molecule has 0 bridgehead atoms. The first kappa shape index (κ1) is 16.4. The summed E-state index contributed by atoms with van der Waals surface area (Å²) in [5, 5.41) is 0.678. The maximum atomic E-state index is 5.71. The fraction of sp³-hybridized carbons (Fsp3) is 0.500. The van der Waals surface area contributed by atoms with E-state index in [-0.39, 0.29) is 0 Å². The molecule has 23 heavy (non-hydrogen) atoms. The van der Waals surface area contributed by atoms with Crippen LogP contribution in [-0.2, 0) is 13.1 Å². The number of benzene rings is 1. The van der Waals surface area contributed by atoms with E-state index in [9.17, 15) is 0 Å². The van der Waals surface area contributed by atoms with Gasteiger partial charge in [-0.2, -0.15) is 0 Å². The number of rotatable bonds is 6. The number of nitrogen functional groups attached to an aromatic ring is 1. The zero-order valence-electron chi connectivity index (χ0n) is 13.8. The Kier molecular flexibility index (Phi) is 5.65. The molecule has 0 atom stereocenters. The van der Waals surface area contributed by atoms with Gasteiger partial charge in [0.05, 0.1) is 0 Å². The van der Waals surface area contributed by atoms with Crippen LogP contribution < -0.4 is 5.73 Å². The molecular weight excluding hydrogens is 304 g/mol. The number of nitrogens with two attached hydrogens (primary N) is 1. The molecule has 0 radical (unpaired) electrons. The van der Waals surface area contributed by atoms with Crippen LogP contribution in [0.5, 0.6) is 0 Å². The second-order valence-corrected chi connectivity index (χ2v) is 7.71. The Bertz CT molecular complexity index is 590. The molecule has 1 aliphatic heterocycles. The quantitative estimate of drug-likeness (QED) is 0.884. The average molecular weight is 331 g/mol. The number of hydrogen-bond donors (Lipinski definition) is 1. The zero-order valence-corrected chi connectivity index (χ0v) is 14.6. The third kappa shape index (κ3) is 5.03. The van der Waals surface area contributed by atoms with Crippen molar-refractivity contribution in [2.75, 3.05) is 32.4 Å². The van der Waals surface area contributed by atoms with Crippen LogP contribution in [0, 0.1) is 5.92 Å². The third-order valence-electron chi connectivity index (χ3n) is 4.52. The Morgan fingerprint density at radius 3 is 2.65 bits per heavy atom. The highest BCUT2D eigenvalue weighted by molar-refractivity contribution is 7.15. The molecule has 1 aromatic carbocycles. The molecule has 5 heteroatoms. The van der Waals surface area contributed by atoms with Crippen molar-refractivity contribution in [3.8, 4) is 0 Å². The molecule has 0 unspecified atom stereocenters. The topological polar surface area (TPSA) is 45.4 Å². The lowest BCUT2D eigenvalue weighted by molar-refractivity contribution is 0.148. The molecule has 1 aliphatic rings. The zero-order chi connectivity index (χ0) is 16.1. The predicted octanol–water partition coefficient (Wildman–Crippen LogP) is 3.07. The molecule has 0 aliphatic carbocycles. The minimum Gasteiger partial charge on any atom is -0.375 e. The SMILES string of the molecule is CN(Cc1ccccc1)CC1CCN(Cc2cnc(N)s2)CC1. The Hall–Kier alpha value is -1.43. The van der Waals surface area contributed by atoms with E-state index >= 15 is 0 Å². The number of aromatic nitrogens is 1. The van der Waals surface area contributed by atoms with Gasteiger partial charge in [-0.1, -0.05) is 30.3 Å². The van der Waals surface area contributed by atoms with Gasteiger partial charge >= 0.3 is 0 Å². The lowest BCUT2D eigenvalue weighted by Crippen LogP contribution is -2.37. The number of piperidine rings is 1. The molecule has 0 saturated carbocycles. The monoisotopic (exact) mass is 330 g/mol. The minimum atomic E-state index is 0.678. The van der Waals surface area contributed by atoms with E-state index in [0.29, 0.717) is 5.13 Å². The van der Waals surface area contributed by atoms with E-state index in [4.69, 9.17) is 5.73 Å². The summed E-state index contributed by atoms with van der Waals surface area (Å²) in [5.41, 5.74) is 7.11. The van der Waals surface area contributed by atoms with Crippen molar-refractivity contribution in [2.45, 2.75) is 25.9 Å². The number of thiazole rings is 1. The lowest BCUT2D eigenvalue weighted by Gasteiger charge is -2.33. The van der Waals surface area contributed by atoms with Crippen molar-refractivity contribution >= 4 is 16.5 Å². The summed E-state index contributed by atoms with van der Waals surface area (Å²) >= 11 is 1.61. The van der Waals surface area contributed by atoms with Crippen LogP contribution in [-0.4, -0.2) is 41.5 Å². The molecule has 124 valence electrons. The van der Waals surface area contributed by atoms with Crippen LogP contribution in [0.15, 0.2) is 36.5 Å². The van der Waals surface area contributed by atoms with E-state index in [1.54, 1.807) is 11.3 Å². The summed E-state index contributed by atoms with van der Waals surface area (Å²) in [5.74, 6) is 0.812. The highest BCUT2D eigenvalue weighted by atomic mass is 32.1. The normalized spacial score (nSPS) is 17.0. The third-order valence-corrected chi connectivity index (χ3v) is 5.33. The summed E-state index contributed by atoms with van der Waals surface area (Å²) in [7, 11) is 2.24. The summed E-state index contributed by atoms with van der Waals surface area (Å²) in [6, 6.07) is 10.7. The molecule has 1 aromatic heterocycles. The molecule has 1 saturated heterocycles. The van der Waals surface area contributed by atoms with Gasteiger partial charge in [0, 0.05) is 30.7 Å². The smallest absolute Gasteiger partial charge is 0.180 e. The van der Waals surface area contributed by atoms with Gasteiger partial charge in [-0.3, -0.25) is 4.90 Å². The number of anilines is 1. The molecule has 1 fully saturated rings. The standard InChI is InChI=1S/C18H26N4S/c1-21(12-15-5-3-2-4-6-15)13-16-7-9-22(10-8-16)14-17-11-20-18(19)23-17/h2-6,11,16H,7-10,12-14H2,1H3,(H2,19,20). The largest absolute Gasteiger partial charge is 0.375 e. The first-order chi connectivity index (χ1) is 11.2. The van der Waals surface area contributed by atoms with Crippen LogP contribution >= 0.6 is 11.3 Å². The Morgan fingerprint density at radius 1 is 1.26 bits per heavy atom. The lowest BCUT2D eigenvalue weighted by atomic mass is 9.96. The Balaban J connectivity index is 1.40. The van der Waals surface area contributed by atoms with Crippen LogP contribution in [0.4, 0.5) is 5.13 Å².